The first kappa shape index (κ1) is 21.2. The summed E-state index contributed by atoms with van der Waals surface area (Å²) in [4.78, 5) is 30.7. The van der Waals surface area contributed by atoms with Crippen LogP contribution in [0, 0.1) is 13.8 Å². The Kier molecular flexibility index (Phi) is 5.93. The molecule has 164 valence electrons. The molecule has 0 spiro atoms. The van der Waals surface area contributed by atoms with Crippen LogP contribution in [-0.4, -0.2) is 36.6 Å². The first-order valence-electron chi connectivity index (χ1n) is 10.2. The van der Waals surface area contributed by atoms with Gasteiger partial charge in [-0.05, 0) is 49.2 Å². The van der Waals surface area contributed by atoms with Gasteiger partial charge in [0.15, 0.2) is 12.4 Å². The van der Waals surface area contributed by atoms with E-state index in [1.165, 1.54) is 0 Å². The Bertz CT molecular complexity index is 1160. The molecule has 0 radical (unpaired) electrons. The topological polar surface area (TPSA) is 107 Å². The number of carbonyl (C=O) groups is 2. The van der Waals surface area contributed by atoms with Gasteiger partial charge in [-0.2, -0.15) is 0 Å². The van der Waals surface area contributed by atoms with Crippen molar-refractivity contribution >= 4 is 29.0 Å². The highest BCUT2D eigenvalue weighted by Crippen LogP contribution is 2.38. The van der Waals surface area contributed by atoms with Gasteiger partial charge < -0.3 is 25.4 Å². The number of nitrogens with one attached hydrogen (secondary N) is 1. The van der Waals surface area contributed by atoms with E-state index in [9.17, 15) is 9.59 Å². The van der Waals surface area contributed by atoms with Crippen molar-refractivity contribution in [3.8, 4) is 11.5 Å². The summed E-state index contributed by atoms with van der Waals surface area (Å²) < 4.78 is 11.3. The number of nitrogens with zero attached hydrogens (tertiary/aromatic N) is 2. The van der Waals surface area contributed by atoms with Gasteiger partial charge in [-0.25, -0.2) is 4.98 Å². The SMILES string of the molecule is Cc1ccc(N2CCOc3c(C(=O)Nc4ccc(C)c(OCC(N)=O)c4)cccc32)nc1. The number of hydrogen-bond donors (Lipinski definition) is 2. The van der Waals surface area contributed by atoms with Gasteiger partial charge in [0.25, 0.3) is 11.8 Å². The number of para-hydroxylation sites is 1. The lowest BCUT2D eigenvalue weighted by Gasteiger charge is -2.31. The number of aryl methyl sites for hydroxylation is 2. The zero-order valence-electron chi connectivity index (χ0n) is 17.9. The quantitative estimate of drug-likeness (QED) is 0.619. The molecule has 2 aromatic carbocycles. The fraction of sp³-hybridized carbons (Fsp3) is 0.208. The van der Waals surface area contributed by atoms with Crippen LogP contribution >= 0.6 is 0 Å². The molecule has 3 aromatic rings. The number of hydrogen-bond acceptors (Lipinski definition) is 6. The fourth-order valence-corrected chi connectivity index (χ4v) is 3.47. The number of ether oxygens (including phenoxy) is 2. The summed E-state index contributed by atoms with van der Waals surface area (Å²) in [5.41, 5.74) is 8.79. The average Bonchev–Trinajstić information content (AvgIpc) is 2.79. The van der Waals surface area contributed by atoms with Gasteiger partial charge in [0, 0.05) is 18.0 Å². The Hall–Kier alpha value is -4.07. The smallest absolute Gasteiger partial charge is 0.259 e. The summed E-state index contributed by atoms with van der Waals surface area (Å²) in [6.45, 7) is 4.66. The minimum absolute atomic E-state index is 0.235. The van der Waals surface area contributed by atoms with Crippen molar-refractivity contribution < 1.29 is 19.1 Å². The molecule has 0 saturated heterocycles. The zero-order chi connectivity index (χ0) is 22.7. The monoisotopic (exact) mass is 432 g/mol. The van der Waals surface area contributed by atoms with E-state index in [1.807, 2.05) is 49.2 Å². The summed E-state index contributed by atoms with van der Waals surface area (Å²) >= 11 is 0. The Morgan fingerprint density at radius 2 is 2.03 bits per heavy atom. The van der Waals surface area contributed by atoms with Gasteiger partial charge in [0.2, 0.25) is 0 Å². The number of pyridine rings is 1. The molecular weight excluding hydrogens is 408 g/mol. The third-order valence-corrected chi connectivity index (χ3v) is 5.08. The number of nitrogens with two attached hydrogens (primary N) is 1. The first-order chi connectivity index (χ1) is 15.4. The largest absolute Gasteiger partial charge is 0.489 e. The van der Waals surface area contributed by atoms with Gasteiger partial charge in [0.1, 0.15) is 18.2 Å². The molecule has 8 heteroatoms. The lowest BCUT2D eigenvalue weighted by atomic mass is 10.1. The first-order valence-corrected chi connectivity index (χ1v) is 10.2. The molecule has 0 fully saturated rings. The number of rotatable bonds is 6. The maximum Gasteiger partial charge on any atom is 0.259 e. The van der Waals surface area contributed by atoms with Crippen molar-refractivity contribution in [1.82, 2.24) is 4.98 Å². The van der Waals surface area contributed by atoms with Gasteiger partial charge in [-0.3, -0.25) is 9.59 Å². The lowest BCUT2D eigenvalue weighted by Crippen LogP contribution is -2.30. The Labute approximate surface area is 186 Å². The molecule has 0 unspecified atom stereocenters. The number of anilines is 3. The molecule has 32 heavy (non-hydrogen) atoms. The standard InChI is InChI=1S/C24H24N4O4/c1-15-6-9-22(26-13-15)28-10-11-31-23-18(4-3-5-19(23)28)24(30)27-17-8-7-16(2)20(12-17)32-14-21(25)29/h3-9,12-13H,10-11,14H2,1-2H3,(H2,25,29)(H,27,30). The van der Waals surface area contributed by atoms with Crippen LogP contribution in [0.3, 0.4) is 0 Å². The summed E-state index contributed by atoms with van der Waals surface area (Å²) in [6, 6.07) is 14.6. The van der Waals surface area contributed by atoms with Crippen LogP contribution in [0.25, 0.3) is 0 Å². The molecule has 2 heterocycles. The van der Waals surface area contributed by atoms with Crippen molar-refractivity contribution in [1.29, 1.82) is 0 Å². The van der Waals surface area contributed by atoms with E-state index in [0.29, 0.717) is 35.9 Å². The fourth-order valence-electron chi connectivity index (χ4n) is 3.47. The average molecular weight is 432 g/mol. The van der Waals surface area contributed by atoms with Crippen LogP contribution in [-0.2, 0) is 4.79 Å². The summed E-state index contributed by atoms with van der Waals surface area (Å²) in [6.07, 6.45) is 1.82. The van der Waals surface area contributed by atoms with E-state index < -0.39 is 5.91 Å². The van der Waals surface area contributed by atoms with Crippen molar-refractivity contribution in [2.45, 2.75) is 13.8 Å². The maximum absolute atomic E-state index is 13.1. The number of benzene rings is 2. The number of primary amides is 1. The zero-order valence-corrected chi connectivity index (χ0v) is 17.9. The van der Waals surface area contributed by atoms with E-state index in [-0.39, 0.29) is 12.5 Å². The predicted molar refractivity (Wildman–Crippen MR) is 122 cm³/mol. The molecule has 2 amide bonds. The minimum Gasteiger partial charge on any atom is -0.489 e. The molecule has 1 aliphatic heterocycles. The minimum atomic E-state index is -0.570. The number of amides is 2. The predicted octanol–water partition coefficient (Wildman–Crippen LogP) is 3.35. The highest BCUT2D eigenvalue weighted by atomic mass is 16.5. The Morgan fingerprint density at radius 3 is 2.78 bits per heavy atom. The van der Waals surface area contributed by atoms with Crippen LogP contribution < -0.4 is 25.4 Å². The van der Waals surface area contributed by atoms with Crippen molar-refractivity contribution in [3.63, 3.8) is 0 Å². The third kappa shape index (κ3) is 4.49. The third-order valence-electron chi connectivity index (χ3n) is 5.08. The number of fused-ring (bicyclic) bond motifs is 1. The second-order valence-corrected chi connectivity index (χ2v) is 7.54. The molecule has 1 aromatic heterocycles. The van der Waals surface area contributed by atoms with Crippen molar-refractivity contribution in [3.05, 3.63) is 71.4 Å². The van der Waals surface area contributed by atoms with E-state index in [2.05, 4.69) is 10.3 Å². The van der Waals surface area contributed by atoms with Crippen LogP contribution in [0.5, 0.6) is 11.5 Å². The van der Waals surface area contributed by atoms with Crippen LogP contribution in [0.15, 0.2) is 54.7 Å². The molecule has 8 nitrogen and oxygen atoms in total. The van der Waals surface area contributed by atoms with Gasteiger partial charge in [0.05, 0.1) is 17.8 Å². The van der Waals surface area contributed by atoms with Gasteiger partial charge >= 0.3 is 0 Å². The maximum atomic E-state index is 13.1. The molecule has 3 N–H and O–H groups in total. The van der Waals surface area contributed by atoms with Crippen LogP contribution in [0.1, 0.15) is 21.5 Å². The Morgan fingerprint density at radius 1 is 1.19 bits per heavy atom. The summed E-state index contributed by atoms with van der Waals surface area (Å²) in [5, 5.41) is 2.88. The summed E-state index contributed by atoms with van der Waals surface area (Å²) in [5.74, 6) is 0.901. The highest BCUT2D eigenvalue weighted by Gasteiger charge is 2.25. The second kappa shape index (κ2) is 8.97. The molecule has 4 rings (SSSR count). The van der Waals surface area contributed by atoms with E-state index in [0.717, 1.165) is 22.6 Å². The molecule has 0 aliphatic carbocycles. The molecule has 0 bridgehead atoms. The molecule has 0 atom stereocenters. The molecular formula is C24H24N4O4. The second-order valence-electron chi connectivity index (χ2n) is 7.54. The summed E-state index contributed by atoms with van der Waals surface area (Å²) in [7, 11) is 0. The van der Waals surface area contributed by atoms with E-state index >= 15 is 0 Å². The van der Waals surface area contributed by atoms with Gasteiger partial charge in [-0.1, -0.05) is 18.2 Å². The Balaban J connectivity index is 1.59. The molecule has 1 aliphatic rings. The van der Waals surface area contributed by atoms with Gasteiger partial charge in [-0.15, -0.1) is 0 Å². The number of carbonyl (C=O) groups excluding carboxylic acids is 2. The van der Waals surface area contributed by atoms with Crippen molar-refractivity contribution in [2.24, 2.45) is 5.73 Å². The van der Waals surface area contributed by atoms with Crippen molar-refractivity contribution in [2.75, 3.05) is 30.0 Å². The van der Waals surface area contributed by atoms with E-state index in [4.69, 9.17) is 15.2 Å². The normalized spacial score (nSPS) is 12.5. The van der Waals surface area contributed by atoms with Crippen LogP contribution in [0.4, 0.5) is 17.2 Å². The number of aromatic nitrogens is 1. The van der Waals surface area contributed by atoms with Crippen LogP contribution in [0.2, 0.25) is 0 Å². The lowest BCUT2D eigenvalue weighted by molar-refractivity contribution is -0.119. The molecule has 0 saturated carbocycles. The highest BCUT2D eigenvalue weighted by molar-refractivity contribution is 6.07. The van der Waals surface area contributed by atoms with E-state index in [1.54, 1.807) is 24.3 Å².